The average Bonchev–Trinajstić information content (AvgIpc) is 2.53. The lowest BCUT2D eigenvalue weighted by atomic mass is 9.80. The van der Waals surface area contributed by atoms with Gasteiger partial charge in [-0.3, -0.25) is 9.59 Å². The molecule has 1 aromatic rings. The standard InChI is InChI=1S/C16H18N2O3/c1-18(14-8-3-2-5-13(14)10-17)15(19)11-6-4-7-12(9-11)16(20)21/h2-3,5,8,11-12H,4,6-7,9H2,1H3,(H,20,21). The van der Waals surface area contributed by atoms with Crippen LogP contribution in [0.15, 0.2) is 24.3 Å². The van der Waals surface area contributed by atoms with Crippen LogP contribution in [0.3, 0.4) is 0 Å². The first-order chi connectivity index (χ1) is 10.0. The molecule has 0 saturated heterocycles. The van der Waals surface area contributed by atoms with Crippen molar-refractivity contribution in [1.29, 1.82) is 5.26 Å². The molecule has 1 aromatic carbocycles. The topological polar surface area (TPSA) is 81.4 Å². The summed E-state index contributed by atoms with van der Waals surface area (Å²) in [6, 6.07) is 9.00. The van der Waals surface area contributed by atoms with Gasteiger partial charge in [0.15, 0.2) is 0 Å². The molecule has 1 fully saturated rings. The number of nitriles is 1. The quantitative estimate of drug-likeness (QED) is 0.925. The van der Waals surface area contributed by atoms with Crippen LogP contribution in [0.1, 0.15) is 31.2 Å². The van der Waals surface area contributed by atoms with Crippen molar-refractivity contribution in [2.24, 2.45) is 11.8 Å². The molecule has 21 heavy (non-hydrogen) atoms. The van der Waals surface area contributed by atoms with Crippen LogP contribution in [0.25, 0.3) is 0 Å². The molecule has 1 aliphatic carbocycles. The summed E-state index contributed by atoms with van der Waals surface area (Å²) in [7, 11) is 1.64. The molecule has 0 aromatic heterocycles. The van der Waals surface area contributed by atoms with Crippen LogP contribution < -0.4 is 4.90 Å². The first-order valence-corrected chi connectivity index (χ1v) is 7.04. The van der Waals surface area contributed by atoms with E-state index < -0.39 is 11.9 Å². The summed E-state index contributed by atoms with van der Waals surface area (Å²) in [4.78, 5) is 25.1. The predicted octanol–water partition coefficient (Wildman–Crippen LogP) is 2.41. The third-order valence-corrected chi connectivity index (χ3v) is 4.09. The number of nitrogens with zero attached hydrogens (tertiary/aromatic N) is 2. The molecule has 0 spiro atoms. The van der Waals surface area contributed by atoms with Crippen LogP contribution in [0.2, 0.25) is 0 Å². The van der Waals surface area contributed by atoms with Crippen LogP contribution in [0.4, 0.5) is 5.69 Å². The maximum Gasteiger partial charge on any atom is 0.306 e. The van der Waals surface area contributed by atoms with E-state index in [-0.39, 0.29) is 11.8 Å². The van der Waals surface area contributed by atoms with Gasteiger partial charge in [0.05, 0.1) is 17.2 Å². The van der Waals surface area contributed by atoms with Crippen LogP contribution in [0.5, 0.6) is 0 Å². The zero-order chi connectivity index (χ0) is 15.4. The monoisotopic (exact) mass is 286 g/mol. The zero-order valence-corrected chi connectivity index (χ0v) is 12.0. The van der Waals surface area contributed by atoms with Gasteiger partial charge in [-0.1, -0.05) is 18.6 Å². The molecular weight excluding hydrogens is 268 g/mol. The molecule has 0 heterocycles. The van der Waals surface area contributed by atoms with E-state index in [0.29, 0.717) is 30.5 Å². The molecule has 110 valence electrons. The van der Waals surface area contributed by atoms with Gasteiger partial charge < -0.3 is 10.0 Å². The van der Waals surface area contributed by atoms with Crippen molar-refractivity contribution in [2.45, 2.75) is 25.7 Å². The molecular formula is C16H18N2O3. The maximum absolute atomic E-state index is 12.6. The molecule has 2 rings (SSSR count). The van der Waals surface area contributed by atoms with Gasteiger partial charge in [0.1, 0.15) is 6.07 Å². The molecule has 0 aliphatic heterocycles. The van der Waals surface area contributed by atoms with Gasteiger partial charge in [0, 0.05) is 13.0 Å². The number of carbonyl (C=O) groups excluding carboxylic acids is 1. The number of carboxylic acid groups (broad SMARTS) is 1. The highest BCUT2D eigenvalue weighted by atomic mass is 16.4. The van der Waals surface area contributed by atoms with E-state index in [4.69, 9.17) is 10.4 Å². The summed E-state index contributed by atoms with van der Waals surface area (Å²) in [5.41, 5.74) is 1.02. The van der Waals surface area contributed by atoms with E-state index in [1.165, 1.54) is 4.90 Å². The summed E-state index contributed by atoms with van der Waals surface area (Å²) < 4.78 is 0. The second-order valence-electron chi connectivity index (χ2n) is 5.42. The normalized spacial score (nSPS) is 21.3. The molecule has 0 bridgehead atoms. The van der Waals surface area contributed by atoms with Crippen molar-refractivity contribution in [2.75, 3.05) is 11.9 Å². The predicted molar refractivity (Wildman–Crippen MR) is 77.7 cm³/mol. The number of para-hydroxylation sites is 1. The van der Waals surface area contributed by atoms with Gasteiger partial charge in [-0.15, -0.1) is 0 Å². The van der Waals surface area contributed by atoms with Crippen molar-refractivity contribution in [3.63, 3.8) is 0 Å². The van der Waals surface area contributed by atoms with Gasteiger partial charge in [0.2, 0.25) is 5.91 Å². The fourth-order valence-corrected chi connectivity index (χ4v) is 2.89. The molecule has 2 unspecified atom stereocenters. The van der Waals surface area contributed by atoms with Gasteiger partial charge in [-0.2, -0.15) is 5.26 Å². The summed E-state index contributed by atoms with van der Waals surface area (Å²) in [5.74, 6) is -1.65. The first-order valence-electron chi connectivity index (χ1n) is 7.04. The van der Waals surface area contributed by atoms with E-state index >= 15 is 0 Å². The van der Waals surface area contributed by atoms with Crippen LogP contribution in [0, 0.1) is 23.2 Å². The minimum atomic E-state index is -0.826. The minimum absolute atomic E-state index is 0.108. The maximum atomic E-state index is 12.6. The summed E-state index contributed by atoms with van der Waals surface area (Å²) in [6.07, 6.45) is 2.48. The fourth-order valence-electron chi connectivity index (χ4n) is 2.89. The molecule has 1 aliphatic rings. The van der Waals surface area contributed by atoms with Gasteiger partial charge in [-0.05, 0) is 31.4 Å². The Kier molecular flexibility index (Phi) is 4.59. The first kappa shape index (κ1) is 15.0. The number of rotatable bonds is 3. The summed E-state index contributed by atoms with van der Waals surface area (Å²) in [5, 5.41) is 18.2. The Morgan fingerprint density at radius 2 is 1.95 bits per heavy atom. The van der Waals surface area contributed by atoms with E-state index in [1.54, 1.807) is 31.3 Å². The Balaban J connectivity index is 2.16. The number of amides is 1. The van der Waals surface area contributed by atoms with Crippen molar-refractivity contribution in [1.82, 2.24) is 0 Å². The third-order valence-electron chi connectivity index (χ3n) is 4.09. The van der Waals surface area contributed by atoms with E-state index in [1.807, 2.05) is 0 Å². The minimum Gasteiger partial charge on any atom is -0.481 e. The SMILES string of the molecule is CN(C(=O)C1CCCC(C(=O)O)C1)c1ccccc1C#N. The Morgan fingerprint density at radius 3 is 2.62 bits per heavy atom. The van der Waals surface area contributed by atoms with E-state index in [0.717, 1.165) is 6.42 Å². The highest BCUT2D eigenvalue weighted by Gasteiger charge is 2.33. The Morgan fingerprint density at radius 1 is 1.29 bits per heavy atom. The van der Waals surface area contributed by atoms with Crippen LogP contribution >= 0.6 is 0 Å². The van der Waals surface area contributed by atoms with Crippen LogP contribution in [-0.2, 0) is 9.59 Å². The number of carbonyl (C=O) groups is 2. The highest BCUT2D eigenvalue weighted by molar-refractivity contribution is 5.96. The van der Waals surface area contributed by atoms with E-state index in [9.17, 15) is 9.59 Å². The lowest BCUT2D eigenvalue weighted by Gasteiger charge is -2.29. The Bertz CT molecular complexity index is 591. The van der Waals surface area contributed by atoms with Gasteiger partial charge >= 0.3 is 5.97 Å². The van der Waals surface area contributed by atoms with E-state index in [2.05, 4.69) is 6.07 Å². The molecule has 1 saturated carbocycles. The smallest absolute Gasteiger partial charge is 0.306 e. The number of hydrogen-bond donors (Lipinski definition) is 1. The molecule has 1 N–H and O–H groups in total. The van der Waals surface area contributed by atoms with Gasteiger partial charge in [-0.25, -0.2) is 0 Å². The largest absolute Gasteiger partial charge is 0.481 e. The lowest BCUT2D eigenvalue weighted by Crippen LogP contribution is -2.37. The molecule has 2 atom stereocenters. The molecule has 5 nitrogen and oxygen atoms in total. The Labute approximate surface area is 123 Å². The molecule has 0 radical (unpaired) electrons. The fraction of sp³-hybridized carbons (Fsp3) is 0.438. The molecule has 5 heteroatoms. The third kappa shape index (κ3) is 3.22. The number of benzene rings is 1. The number of aliphatic carboxylic acids is 1. The average molecular weight is 286 g/mol. The van der Waals surface area contributed by atoms with Crippen molar-refractivity contribution >= 4 is 17.6 Å². The van der Waals surface area contributed by atoms with Gasteiger partial charge in [0.25, 0.3) is 0 Å². The lowest BCUT2D eigenvalue weighted by molar-refractivity contribution is -0.143. The highest BCUT2D eigenvalue weighted by Crippen LogP contribution is 2.32. The number of hydrogen-bond acceptors (Lipinski definition) is 3. The number of carboxylic acids is 1. The van der Waals surface area contributed by atoms with Crippen LogP contribution in [-0.4, -0.2) is 24.0 Å². The number of anilines is 1. The van der Waals surface area contributed by atoms with Crippen molar-refractivity contribution in [3.8, 4) is 6.07 Å². The Hall–Kier alpha value is -2.35. The second kappa shape index (κ2) is 6.40. The van der Waals surface area contributed by atoms with Crippen molar-refractivity contribution < 1.29 is 14.7 Å². The zero-order valence-electron chi connectivity index (χ0n) is 12.0. The second-order valence-corrected chi connectivity index (χ2v) is 5.42. The van der Waals surface area contributed by atoms with Crippen molar-refractivity contribution in [3.05, 3.63) is 29.8 Å². The summed E-state index contributed by atoms with van der Waals surface area (Å²) in [6.45, 7) is 0. The summed E-state index contributed by atoms with van der Waals surface area (Å²) >= 11 is 0. The molecule has 1 amide bonds.